The normalized spacial score (nSPS) is 10.6. The highest BCUT2D eigenvalue weighted by atomic mass is 35.5. The number of rotatable bonds is 5. The molecule has 0 atom stereocenters. The largest absolute Gasteiger partial charge is 0.326 e. The van der Waals surface area contributed by atoms with E-state index in [0.29, 0.717) is 12.2 Å². The van der Waals surface area contributed by atoms with E-state index >= 15 is 0 Å². The molecule has 0 fully saturated rings. The Kier molecular flexibility index (Phi) is 5.86. The van der Waals surface area contributed by atoms with Crippen molar-refractivity contribution >= 4 is 33.8 Å². The van der Waals surface area contributed by atoms with Crippen molar-refractivity contribution in [2.45, 2.75) is 11.4 Å². The zero-order chi connectivity index (χ0) is 15.5. The van der Waals surface area contributed by atoms with Crippen LogP contribution in [0.15, 0.2) is 53.4 Å². The maximum absolute atomic E-state index is 12.1. The van der Waals surface area contributed by atoms with Crippen LogP contribution in [0.5, 0.6) is 0 Å². The van der Waals surface area contributed by atoms with Crippen LogP contribution in [0.1, 0.15) is 5.56 Å². The van der Waals surface area contributed by atoms with Gasteiger partial charge in [-0.1, -0.05) is 12.1 Å². The number of nitro groups is 1. The second-order valence-electron chi connectivity index (χ2n) is 4.26. The molecule has 3 N–H and O–H groups in total. The number of sulfonamides is 1. The summed E-state index contributed by atoms with van der Waals surface area (Å²) in [5.74, 6) is 0. The fraction of sp³-hybridized carbons (Fsp3) is 0.0769. The molecule has 0 aliphatic rings. The van der Waals surface area contributed by atoms with Crippen LogP contribution in [0.3, 0.4) is 0 Å². The van der Waals surface area contributed by atoms with Crippen molar-refractivity contribution in [1.82, 2.24) is 0 Å². The molecule has 118 valence electrons. The maximum atomic E-state index is 12.1. The quantitative estimate of drug-likeness (QED) is 0.638. The van der Waals surface area contributed by atoms with Gasteiger partial charge in [-0.3, -0.25) is 14.8 Å². The van der Waals surface area contributed by atoms with Gasteiger partial charge in [-0.2, -0.15) is 0 Å². The number of nitro benzene ring substituents is 1. The molecule has 0 aromatic heterocycles. The van der Waals surface area contributed by atoms with Gasteiger partial charge in [-0.25, -0.2) is 8.42 Å². The average molecular weight is 344 g/mol. The van der Waals surface area contributed by atoms with Gasteiger partial charge in [0, 0.05) is 24.4 Å². The fourth-order valence-electron chi connectivity index (χ4n) is 1.67. The average Bonchev–Trinajstić information content (AvgIpc) is 2.48. The minimum absolute atomic E-state index is 0. The molecule has 0 radical (unpaired) electrons. The van der Waals surface area contributed by atoms with E-state index in [1.165, 1.54) is 12.1 Å². The van der Waals surface area contributed by atoms with Crippen LogP contribution >= 0.6 is 12.4 Å². The summed E-state index contributed by atoms with van der Waals surface area (Å²) in [6.45, 7) is 0.370. The lowest BCUT2D eigenvalue weighted by Gasteiger charge is -2.08. The molecule has 2 aromatic carbocycles. The van der Waals surface area contributed by atoms with Gasteiger partial charge in [-0.15, -0.1) is 12.4 Å². The standard InChI is InChI=1S/C13H13N3O4S.ClH/c14-9-10-1-3-11(4-2-10)15-21(19,20)13-7-5-12(6-8-13)16(17)18;/h1-8,15H,9,14H2;1H. The van der Waals surface area contributed by atoms with Gasteiger partial charge in [0.2, 0.25) is 0 Å². The van der Waals surface area contributed by atoms with E-state index < -0.39 is 14.9 Å². The molecular weight excluding hydrogens is 330 g/mol. The van der Waals surface area contributed by atoms with Crippen LogP contribution in [0, 0.1) is 10.1 Å². The molecule has 0 spiro atoms. The Bertz CT molecular complexity index is 746. The maximum Gasteiger partial charge on any atom is 0.269 e. The zero-order valence-corrected chi connectivity index (χ0v) is 12.9. The summed E-state index contributed by atoms with van der Waals surface area (Å²) in [7, 11) is -3.78. The van der Waals surface area contributed by atoms with Crippen LogP contribution in [-0.2, 0) is 16.6 Å². The number of nitrogens with zero attached hydrogens (tertiary/aromatic N) is 1. The van der Waals surface area contributed by atoms with Crippen molar-refractivity contribution < 1.29 is 13.3 Å². The van der Waals surface area contributed by atoms with Crippen LogP contribution in [0.25, 0.3) is 0 Å². The number of hydrogen-bond donors (Lipinski definition) is 2. The number of non-ortho nitro benzene ring substituents is 1. The van der Waals surface area contributed by atoms with Crippen molar-refractivity contribution in [3.63, 3.8) is 0 Å². The first kappa shape index (κ1) is 17.9. The first-order valence-electron chi connectivity index (χ1n) is 5.98. The van der Waals surface area contributed by atoms with Crippen molar-refractivity contribution in [3.8, 4) is 0 Å². The molecule has 0 bridgehead atoms. The van der Waals surface area contributed by atoms with Crippen LogP contribution < -0.4 is 10.5 Å². The van der Waals surface area contributed by atoms with E-state index in [4.69, 9.17) is 5.73 Å². The lowest BCUT2D eigenvalue weighted by Crippen LogP contribution is -2.13. The van der Waals surface area contributed by atoms with Crippen molar-refractivity contribution in [1.29, 1.82) is 0 Å². The number of nitrogens with two attached hydrogens (primary N) is 1. The first-order valence-corrected chi connectivity index (χ1v) is 7.47. The number of hydrogen-bond acceptors (Lipinski definition) is 5. The number of halogens is 1. The van der Waals surface area contributed by atoms with Gasteiger partial charge in [-0.05, 0) is 29.8 Å². The van der Waals surface area contributed by atoms with Gasteiger partial charge in [0.15, 0.2) is 0 Å². The lowest BCUT2D eigenvalue weighted by atomic mass is 10.2. The Labute approximate surface area is 133 Å². The Morgan fingerprint density at radius 2 is 1.59 bits per heavy atom. The molecule has 2 rings (SSSR count). The molecule has 7 nitrogen and oxygen atoms in total. The van der Waals surface area contributed by atoms with E-state index in [1.807, 2.05) is 0 Å². The zero-order valence-electron chi connectivity index (χ0n) is 11.3. The van der Waals surface area contributed by atoms with E-state index in [9.17, 15) is 18.5 Å². The summed E-state index contributed by atoms with van der Waals surface area (Å²) >= 11 is 0. The Balaban J connectivity index is 0.00000242. The fourth-order valence-corrected chi connectivity index (χ4v) is 2.73. The van der Waals surface area contributed by atoms with Crippen molar-refractivity contribution in [2.24, 2.45) is 5.73 Å². The number of anilines is 1. The topological polar surface area (TPSA) is 115 Å². The van der Waals surface area contributed by atoms with Gasteiger partial charge in [0.25, 0.3) is 15.7 Å². The third kappa shape index (κ3) is 4.17. The van der Waals surface area contributed by atoms with Gasteiger partial charge in [0.05, 0.1) is 9.82 Å². The molecule has 0 saturated carbocycles. The molecule has 22 heavy (non-hydrogen) atoms. The van der Waals surface area contributed by atoms with E-state index in [-0.39, 0.29) is 23.0 Å². The summed E-state index contributed by atoms with van der Waals surface area (Å²) in [6, 6.07) is 11.3. The summed E-state index contributed by atoms with van der Waals surface area (Å²) in [6.07, 6.45) is 0. The third-order valence-corrected chi connectivity index (χ3v) is 4.20. The second-order valence-corrected chi connectivity index (χ2v) is 5.94. The molecule has 0 amide bonds. The predicted molar refractivity (Wildman–Crippen MR) is 85.5 cm³/mol. The van der Waals surface area contributed by atoms with E-state index in [0.717, 1.165) is 17.7 Å². The Morgan fingerprint density at radius 3 is 2.05 bits per heavy atom. The lowest BCUT2D eigenvalue weighted by molar-refractivity contribution is -0.384. The minimum atomic E-state index is -3.78. The smallest absolute Gasteiger partial charge is 0.269 e. The molecule has 0 saturated heterocycles. The van der Waals surface area contributed by atoms with Gasteiger partial charge < -0.3 is 5.73 Å². The van der Waals surface area contributed by atoms with E-state index in [2.05, 4.69) is 4.72 Å². The van der Waals surface area contributed by atoms with Crippen LogP contribution in [0.4, 0.5) is 11.4 Å². The monoisotopic (exact) mass is 343 g/mol. The molecule has 0 unspecified atom stereocenters. The highest BCUT2D eigenvalue weighted by Crippen LogP contribution is 2.19. The molecular formula is C13H14ClN3O4S. The summed E-state index contributed by atoms with van der Waals surface area (Å²) < 4.78 is 26.7. The highest BCUT2D eigenvalue weighted by Gasteiger charge is 2.15. The summed E-state index contributed by atoms with van der Waals surface area (Å²) in [4.78, 5) is 9.91. The second kappa shape index (κ2) is 7.21. The summed E-state index contributed by atoms with van der Waals surface area (Å²) in [5, 5.41) is 10.5. The van der Waals surface area contributed by atoms with Gasteiger partial charge in [0.1, 0.15) is 0 Å². The Morgan fingerprint density at radius 1 is 1.05 bits per heavy atom. The highest BCUT2D eigenvalue weighted by molar-refractivity contribution is 7.92. The predicted octanol–water partition coefficient (Wildman–Crippen LogP) is 2.28. The van der Waals surface area contributed by atoms with Gasteiger partial charge >= 0.3 is 0 Å². The van der Waals surface area contributed by atoms with Crippen LogP contribution in [0.2, 0.25) is 0 Å². The SMILES string of the molecule is Cl.NCc1ccc(NS(=O)(=O)c2ccc([N+](=O)[O-])cc2)cc1. The van der Waals surface area contributed by atoms with E-state index in [1.54, 1.807) is 24.3 Å². The number of benzene rings is 2. The molecule has 0 heterocycles. The molecule has 2 aromatic rings. The Hall–Kier alpha value is -2.16. The van der Waals surface area contributed by atoms with Crippen LogP contribution in [-0.4, -0.2) is 13.3 Å². The summed E-state index contributed by atoms with van der Waals surface area (Å²) in [5.41, 5.74) is 6.57. The minimum Gasteiger partial charge on any atom is -0.326 e. The molecule has 0 aliphatic heterocycles. The third-order valence-electron chi connectivity index (χ3n) is 2.80. The van der Waals surface area contributed by atoms with Crippen molar-refractivity contribution in [2.75, 3.05) is 4.72 Å². The molecule has 9 heteroatoms. The molecule has 0 aliphatic carbocycles. The first-order chi connectivity index (χ1) is 9.92. The van der Waals surface area contributed by atoms with Crippen molar-refractivity contribution in [3.05, 3.63) is 64.2 Å². The number of nitrogens with one attached hydrogen (secondary N) is 1.